The van der Waals surface area contributed by atoms with Crippen LogP contribution in [0.1, 0.15) is 25.7 Å². The van der Waals surface area contributed by atoms with Crippen molar-refractivity contribution in [3.05, 3.63) is 0 Å². The highest BCUT2D eigenvalue weighted by Gasteiger charge is 2.19. The smallest absolute Gasteiger partial charge is 0.0677 e. The second kappa shape index (κ2) is 2.89. The average molecular weight is 124 g/mol. The lowest BCUT2D eigenvalue weighted by Crippen LogP contribution is -2.22. The maximum atomic E-state index is 9.23. The summed E-state index contributed by atoms with van der Waals surface area (Å²) in [6.07, 6.45) is 9.20. The zero-order valence-electron chi connectivity index (χ0n) is 5.51. The Balaban J connectivity index is 2.41. The van der Waals surface area contributed by atoms with Crippen molar-refractivity contribution in [1.29, 1.82) is 0 Å². The molecular formula is C8H12O. The predicted octanol–water partition coefficient (Wildman–Crippen LogP) is 1.17. The standard InChI is InChI=1S/C8H12O/c1-2-7-5-3-4-6-8(7)9/h1,7-9H,3-6H2/t7-,8-/m0/s1. The molecule has 0 aromatic heterocycles. The summed E-state index contributed by atoms with van der Waals surface area (Å²) >= 11 is 0. The van der Waals surface area contributed by atoms with Crippen LogP contribution in [0.2, 0.25) is 0 Å². The normalized spacial score (nSPS) is 35.6. The van der Waals surface area contributed by atoms with Crippen LogP contribution in [0.25, 0.3) is 0 Å². The van der Waals surface area contributed by atoms with Crippen molar-refractivity contribution in [2.75, 3.05) is 0 Å². The first-order chi connectivity index (χ1) is 4.34. The number of rotatable bonds is 0. The molecule has 0 unspecified atom stereocenters. The van der Waals surface area contributed by atoms with Gasteiger partial charge in [-0.1, -0.05) is 12.8 Å². The molecule has 0 heterocycles. The summed E-state index contributed by atoms with van der Waals surface area (Å²) in [5.74, 6) is 2.74. The molecule has 1 fully saturated rings. The molecule has 0 aliphatic heterocycles. The summed E-state index contributed by atoms with van der Waals surface area (Å²) in [6, 6.07) is 0. The molecule has 0 aromatic rings. The van der Waals surface area contributed by atoms with Gasteiger partial charge in [-0.15, -0.1) is 12.3 Å². The molecule has 0 bridgehead atoms. The molecule has 1 nitrogen and oxygen atoms in total. The Kier molecular flexibility index (Phi) is 2.13. The maximum Gasteiger partial charge on any atom is 0.0677 e. The van der Waals surface area contributed by atoms with Gasteiger partial charge in [0.15, 0.2) is 0 Å². The molecular weight excluding hydrogens is 112 g/mol. The monoisotopic (exact) mass is 124 g/mol. The van der Waals surface area contributed by atoms with E-state index in [2.05, 4.69) is 5.92 Å². The van der Waals surface area contributed by atoms with E-state index in [9.17, 15) is 5.11 Å². The van der Waals surface area contributed by atoms with E-state index in [-0.39, 0.29) is 12.0 Å². The molecule has 1 N–H and O–H groups in total. The van der Waals surface area contributed by atoms with Crippen molar-refractivity contribution in [1.82, 2.24) is 0 Å². The van der Waals surface area contributed by atoms with Crippen molar-refractivity contribution >= 4 is 0 Å². The summed E-state index contributed by atoms with van der Waals surface area (Å²) in [6.45, 7) is 0. The van der Waals surface area contributed by atoms with E-state index in [0.717, 1.165) is 19.3 Å². The first kappa shape index (κ1) is 6.64. The molecule has 1 aliphatic carbocycles. The molecule has 0 radical (unpaired) electrons. The minimum absolute atomic E-state index is 0.138. The predicted molar refractivity (Wildman–Crippen MR) is 36.8 cm³/mol. The van der Waals surface area contributed by atoms with Gasteiger partial charge in [0.2, 0.25) is 0 Å². The SMILES string of the molecule is C#C[C@H]1CCCC[C@@H]1O. The minimum atomic E-state index is -0.219. The van der Waals surface area contributed by atoms with Gasteiger partial charge < -0.3 is 5.11 Å². The largest absolute Gasteiger partial charge is 0.392 e. The third-order valence-electron chi connectivity index (χ3n) is 1.94. The van der Waals surface area contributed by atoms with Crippen molar-refractivity contribution < 1.29 is 5.11 Å². The Bertz CT molecular complexity index is 123. The molecule has 1 aliphatic rings. The summed E-state index contributed by atoms with van der Waals surface area (Å²) in [7, 11) is 0. The van der Waals surface area contributed by atoms with E-state index in [0.29, 0.717) is 0 Å². The molecule has 1 heteroatoms. The Hall–Kier alpha value is -0.480. The number of hydrogen-bond donors (Lipinski definition) is 1. The fourth-order valence-electron chi connectivity index (χ4n) is 1.31. The van der Waals surface area contributed by atoms with Crippen LogP contribution in [0, 0.1) is 18.3 Å². The van der Waals surface area contributed by atoms with Gasteiger partial charge in [-0.2, -0.15) is 0 Å². The van der Waals surface area contributed by atoms with Gasteiger partial charge in [-0.3, -0.25) is 0 Å². The van der Waals surface area contributed by atoms with Gasteiger partial charge in [-0.25, -0.2) is 0 Å². The first-order valence-electron chi connectivity index (χ1n) is 3.49. The number of terminal acetylenes is 1. The first-order valence-corrected chi connectivity index (χ1v) is 3.49. The van der Waals surface area contributed by atoms with E-state index in [1.54, 1.807) is 0 Å². The molecule has 9 heavy (non-hydrogen) atoms. The van der Waals surface area contributed by atoms with Crippen LogP contribution in [0.4, 0.5) is 0 Å². The minimum Gasteiger partial charge on any atom is -0.392 e. The average Bonchev–Trinajstić information content (AvgIpc) is 1.89. The maximum absolute atomic E-state index is 9.23. The Labute approximate surface area is 56.1 Å². The van der Waals surface area contributed by atoms with Crippen LogP contribution in [0.5, 0.6) is 0 Å². The molecule has 2 atom stereocenters. The topological polar surface area (TPSA) is 20.2 Å². The highest BCUT2D eigenvalue weighted by molar-refractivity contribution is 4.98. The molecule has 1 saturated carbocycles. The van der Waals surface area contributed by atoms with E-state index >= 15 is 0 Å². The lowest BCUT2D eigenvalue weighted by Gasteiger charge is -2.22. The van der Waals surface area contributed by atoms with E-state index < -0.39 is 0 Å². The second-order valence-corrected chi connectivity index (χ2v) is 2.62. The lowest BCUT2D eigenvalue weighted by molar-refractivity contribution is 0.0971. The van der Waals surface area contributed by atoms with Gasteiger partial charge in [0.05, 0.1) is 6.10 Å². The van der Waals surface area contributed by atoms with Crippen molar-refractivity contribution in [2.24, 2.45) is 5.92 Å². The Morgan fingerprint density at radius 1 is 1.33 bits per heavy atom. The number of aliphatic hydroxyl groups is 1. The van der Waals surface area contributed by atoms with Gasteiger partial charge in [0.1, 0.15) is 0 Å². The fraction of sp³-hybridized carbons (Fsp3) is 0.750. The van der Waals surface area contributed by atoms with E-state index in [1.807, 2.05) is 0 Å². The van der Waals surface area contributed by atoms with E-state index in [4.69, 9.17) is 6.42 Å². The summed E-state index contributed by atoms with van der Waals surface area (Å²) in [4.78, 5) is 0. The molecule has 0 amide bonds. The van der Waals surface area contributed by atoms with Crippen LogP contribution in [0.3, 0.4) is 0 Å². The molecule has 1 rings (SSSR count). The van der Waals surface area contributed by atoms with Crippen LogP contribution in [-0.2, 0) is 0 Å². The highest BCUT2D eigenvalue weighted by atomic mass is 16.3. The number of hydrogen-bond acceptors (Lipinski definition) is 1. The summed E-state index contributed by atoms with van der Waals surface area (Å²) in [5.41, 5.74) is 0. The number of aliphatic hydroxyl groups excluding tert-OH is 1. The summed E-state index contributed by atoms with van der Waals surface area (Å²) < 4.78 is 0. The van der Waals surface area contributed by atoms with Crippen molar-refractivity contribution in [2.45, 2.75) is 31.8 Å². The Morgan fingerprint density at radius 3 is 2.44 bits per heavy atom. The lowest BCUT2D eigenvalue weighted by atomic mass is 9.87. The van der Waals surface area contributed by atoms with Gasteiger partial charge in [0.25, 0.3) is 0 Å². The highest BCUT2D eigenvalue weighted by Crippen LogP contribution is 2.22. The van der Waals surface area contributed by atoms with Crippen LogP contribution < -0.4 is 0 Å². The molecule has 0 saturated heterocycles. The van der Waals surface area contributed by atoms with Crippen LogP contribution in [-0.4, -0.2) is 11.2 Å². The second-order valence-electron chi connectivity index (χ2n) is 2.62. The van der Waals surface area contributed by atoms with Crippen molar-refractivity contribution in [3.8, 4) is 12.3 Å². The fourth-order valence-corrected chi connectivity index (χ4v) is 1.31. The Morgan fingerprint density at radius 2 is 2.00 bits per heavy atom. The van der Waals surface area contributed by atoms with Gasteiger partial charge in [-0.05, 0) is 12.8 Å². The quantitative estimate of drug-likeness (QED) is 0.481. The van der Waals surface area contributed by atoms with Crippen molar-refractivity contribution in [3.63, 3.8) is 0 Å². The van der Waals surface area contributed by atoms with Gasteiger partial charge in [0, 0.05) is 5.92 Å². The molecule has 50 valence electrons. The van der Waals surface area contributed by atoms with Gasteiger partial charge >= 0.3 is 0 Å². The zero-order chi connectivity index (χ0) is 6.69. The zero-order valence-corrected chi connectivity index (χ0v) is 5.51. The van der Waals surface area contributed by atoms with E-state index in [1.165, 1.54) is 6.42 Å². The summed E-state index contributed by atoms with van der Waals surface area (Å²) in [5, 5.41) is 9.23. The third kappa shape index (κ3) is 1.46. The van der Waals surface area contributed by atoms with Crippen LogP contribution in [0.15, 0.2) is 0 Å². The molecule has 0 spiro atoms. The molecule has 0 aromatic carbocycles. The third-order valence-corrected chi connectivity index (χ3v) is 1.94. The van der Waals surface area contributed by atoms with Crippen LogP contribution >= 0.6 is 0 Å².